The van der Waals surface area contributed by atoms with E-state index in [1.54, 1.807) is 11.0 Å². The highest BCUT2D eigenvalue weighted by molar-refractivity contribution is 5.95. The number of nitrogens with two attached hydrogens (primary N) is 1. The first kappa shape index (κ1) is 15.2. The van der Waals surface area contributed by atoms with Gasteiger partial charge in [0.15, 0.2) is 0 Å². The number of hydrogen-bond donors (Lipinski definition) is 2. The number of benzene rings is 1. The summed E-state index contributed by atoms with van der Waals surface area (Å²) in [6.07, 6.45) is 3.16. The molecule has 2 rings (SSSR count). The van der Waals surface area contributed by atoms with E-state index in [-0.39, 0.29) is 17.3 Å². The van der Waals surface area contributed by atoms with E-state index in [4.69, 9.17) is 5.84 Å². The van der Waals surface area contributed by atoms with Crippen LogP contribution in [0.25, 0.3) is 0 Å². The van der Waals surface area contributed by atoms with Crippen LogP contribution in [0.15, 0.2) is 18.2 Å². The molecular formula is C14H20N4O3. The predicted octanol–water partition coefficient (Wildman–Crippen LogP) is 2.14. The smallest absolute Gasteiger partial charge is 0.294 e. The molecule has 3 N–H and O–H groups in total. The lowest BCUT2D eigenvalue weighted by Crippen LogP contribution is -2.39. The number of piperidine rings is 1. The quantitative estimate of drug-likeness (QED) is 0.503. The largest absolute Gasteiger partial charge is 0.338 e. The number of anilines is 1. The fourth-order valence-electron chi connectivity index (χ4n) is 2.70. The lowest BCUT2D eigenvalue weighted by atomic mass is 9.95. The number of amides is 1. The number of nitro benzene ring substituents is 1. The van der Waals surface area contributed by atoms with Gasteiger partial charge in [0.05, 0.1) is 4.92 Å². The highest BCUT2D eigenvalue weighted by Gasteiger charge is 2.25. The van der Waals surface area contributed by atoms with Crippen molar-refractivity contribution >= 4 is 17.3 Å². The fourth-order valence-corrected chi connectivity index (χ4v) is 2.70. The van der Waals surface area contributed by atoms with Crippen molar-refractivity contribution < 1.29 is 9.72 Å². The number of nitrogen functional groups attached to an aromatic ring is 1. The zero-order valence-corrected chi connectivity index (χ0v) is 12.0. The molecule has 0 aliphatic carbocycles. The minimum absolute atomic E-state index is 0.153. The first-order chi connectivity index (χ1) is 10.1. The van der Waals surface area contributed by atoms with Gasteiger partial charge in [-0.1, -0.05) is 13.3 Å². The Balaban J connectivity index is 2.23. The molecule has 0 spiro atoms. The van der Waals surface area contributed by atoms with E-state index >= 15 is 0 Å². The molecule has 1 aromatic carbocycles. The summed E-state index contributed by atoms with van der Waals surface area (Å²) in [6, 6.07) is 4.32. The number of hydrazine groups is 1. The summed E-state index contributed by atoms with van der Waals surface area (Å²) in [5.74, 6) is 5.61. The van der Waals surface area contributed by atoms with Crippen LogP contribution in [0.2, 0.25) is 0 Å². The Morgan fingerprint density at radius 1 is 1.57 bits per heavy atom. The third-order valence-electron chi connectivity index (χ3n) is 3.98. The molecule has 1 atom stereocenters. The first-order valence-electron chi connectivity index (χ1n) is 7.11. The van der Waals surface area contributed by atoms with Crippen molar-refractivity contribution in [2.45, 2.75) is 26.2 Å². The predicted molar refractivity (Wildman–Crippen MR) is 79.8 cm³/mol. The molecule has 7 nitrogen and oxygen atoms in total. The highest BCUT2D eigenvalue weighted by atomic mass is 16.6. The van der Waals surface area contributed by atoms with Gasteiger partial charge in [-0.15, -0.1) is 0 Å². The maximum absolute atomic E-state index is 12.5. The Morgan fingerprint density at radius 2 is 2.33 bits per heavy atom. The zero-order valence-electron chi connectivity index (χ0n) is 12.0. The Bertz CT molecular complexity index is 547. The van der Waals surface area contributed by atoms with Gasteiger partial charge in [-0.25, -0.2) is 0 Å². The molecule has 21 heavy (non-hydrogen) atoms. The second-order valence-corrected chi connectivity index (χ2v) is 5.30. The molecule has 1 heterocycles. The Morgan fingerprint density at radius 3 is 2.95 bits per heavy atom. The number of hydrogen-bond acceptors (Lipinski definition) is 5. The fraction of sp³-hybridized carbons (Fsp3) is 0.500. The van der Waals surface area contributed by atoms with Crippen LogP contribution in [-0.2, 0) is 0 Å². The van der Waals surface area contributed by atoms with Crippen molar-refractivity contribution in [1.82, 2.24) is 4.90 Å². The summed E-state index contributed by atoms with van der Waals surface area (Å²) in [6.45, 7) is 3.55. The monoisotopic (exact) mass is 292 g/mol. The number of nitrogens with one attached hydrogen (secondary N) is 1. The van der Waals surface area contributed by atoms with Crippen molar-refractivity contribution in [3.05, 3.63) is 33.9 Å². The SMILES string of the molecule is CCC1CCCN(C(=O)c2ccc(NN)c([N+](=O)[O-])c2)C1. The van der Waals surface area contributed by atoms with Crippen LogP contribution in [0.1, 0.15) is 36.5 Å². The molecule has 1 aliphatic rings. The number of carbonyl (C=O) groups is 1. The van der Waals surface area contributed by atoms with Crippen LogP contribution in [0.5, 0.6) is 0 Å². The first-order valence-corrected chi connectivity index (χ1v) is 7.11. The average Bonchev–Trinajstić information content (AvgIpc) is 2.53. The van der Waals surface area contributed by atoms with Gasteiger partial charge in [0, 0.05) is 24.7 Å². The number of nitro groups is 1. The number of carbonyl (C=O) groups excluding carboxylic acids is 1. The van der Waals surface area contributed by atoms with Crippen LogP contribution in [0.4, 0.5) is 11.4 Å². The summed E-state index contributed by atoms with van der Waals surface area (Å²) in [5, 5.41) is 11.0. The molecule has 1 unspecified atom stereocenters. The molecule has 1 saturated heterocycles. The van der Waals surface area contributed by atoms with Crippen molar-refractivity contribution in [2.24, 2.45) is 11.8 Å². The summed E-state index contributed by atoms with van der Waals surface area (Å²) < 4.78 is 0. The van der Waals surface area contributed by atoms with E-state index in [1.807, 2.05) is 0 Å². The summed E-state index contributed by atoms with van der Waals surface area (Å²) in [5.41, 5.74) is 2.61. The molecule has 0 radical (unpaired) electrons. The molecule has 1 fully saturated rings. The topological polar surface area (TPSA) is 102 Å². The van der Waals surface area contributed by atoms with Gasteiger partial charge < -0.3 is 10.3 Å². The van der Waals surface area contributed by atoms with E-state index < -0.39 is 4.92 Å². The van der Waals surface area contributed by atoms with Crippen molar-refractivity contribution in [2.75, 3.05) is 18.5 Å². The highest BCUT2D eigenvalue weighted by Crippen LogP contribution is 2.26. The van der Waals surface area contributed by atoms with Gasteiger partial charge in [-0.3, -0.25) is 20.8 Å². The van der Waals surface area contributed by atoms with Crippen LogP contribution in [-0.4, -0.2) is 28.8 Å². The number of likely N-dealkylation sites (tertiary alicyclic amines) is 1. The Labute approximate surface area is 123 Å². The zero-order chi connectivity index (χ0) is 15.4. The average molecular weight is 292 g/mol. The molecule has 7 heteroatoms. The Hall–Kier alpha value is -2.15. The maximum atomic E-state index is 12.5. The van der Waals surface area contributed by atoms with Gasteiger partial charge >= 0.3 is 0 Å². The second-order valence-electron chi connectivity index (χ2n) is 5.30. The van der Waals surface area contributed by atoms with Crippen molar-refractivity contribution in [3.63, 3.8) is 0 Å². The number of nitrogens with zero attached hydrogens (tertiary/aromatic N) is 2. The van der Waals surface area contributed by atoms with E-state index in [9.17, 15) is 14.9 Å². The summed E-state index contributed by atoms with van der Waals surface area (Å²) >= 11 is 0. The molecule has 1 aliphatic heterocycles. The van der Waals surface area contributed by atoms with Crippen molar-refractivity contribution in [3.8, 4) is 0 Å². The third kappa shape index (κ3) is 3.30. The minimum Gasteiger partial charge on any atom is -0.338 e. The van der Waals surface area contributed by atoms with Crippen LogP contribution >= 0.6 is 0 Å². The summed E-state index contributed by atoms with van der Waals surface area (Å²) in [7, 11) is 0. The van der Waals surface area contributed by atoms with E-state index in [2.05, 4.69) is 12.3 Å². The third-order valence-corrected chi connectivity index (χ3v) is 3.98. The molecular weight excluding hydrogens is 272 g/mol. The molecule has 1 amide bonds. The second kappa shape index (κ2) is 6.53. The normalized spacial score (nSPS) is 18.4. The Kier molecular flexibility index (Phi) is 4.74. The molecule has 0 saturated carbocycles. The van der Waals surface area contributed by atoms with Gasteiger partial charge in [0.25, 0.3) is 11.6 Å². The standard InChI is InChI=1S/C14H20N4O3/c1-2-10-4-3-7-17(9-10)14(19)11-5-6-12(16-15)13(8-11)18(20)21/h5-6,8,10,16H,2-4,7,9,15H2,1H3. The van der Waals surface area contributed by atoms with Crippen LogP contribution < -0.4 is 11.3 Å². The maximum Gasteiger partial charge on any atom is 0.294 e. The number of rotatable bonds is 4. The lowest BCUT2D eigenvalue weighted by Gasteiger charge is -2.32. The lowest BCUT2D eigenvalue weighted by molar-refractivity contribution is -0.384. The van der Waals surface area contributed by atoms with E-state index in [0.29, 0.717) is 18.0 Å². The minimum atomic E-state index is -0.545. The van der Waals surface area contributed by atoms with Crippen molar-refractivity contribution in [1.29, 1.82) is 0 Å². The van der Waals surface area contributed by atoms with Crippen LogP contribution in [0, 0.1) is 16.0 Å². The van der Waals surface area contributed by atoms with E-state index in [1.165, 1.54) is 12.1 Å². The van der Waals surface area contributed by atoms with Gasteiger partial charge in [0.2, 0.25) is 0 Å². The van der Waals surface area contributed by atoms with Gasteiger partial charge in [-0.05, 0) is 30.9 Å². The molecule has 0 bridgehead atoms. The summed E-state index contributed by atoms with van der Waals surface area (Å²) in [4.78, 5) is 24.7. The van der Waals surface area contributed by atoms with E-state index in [0.717, 1.165) is 25.8 Å². The molecule has 1 aromatic rings. The molecule has 0 aromatic heterocycles. The van der Waals surface area contributed by atoms with Gasteiger partial charge in [-0.2, -0.15) is 0 Å². The van der Waals surface area contributed by atoms with Gasteiger partial charge in [0.1, 0.15) is 5.69 Å². The van der Waals surface area contributed by atoms with Crippen LogP contribution in [0.3, 0.4) is 0 Å². The molecule has 114 valence electrons.